The van der Waals surface area contributed by atoms with Gasteiger partial charge in [0.1, 0.15) is 5.82 Å². The number of fused-ring (bicyclic) bond motifs is 1. The fourth-order valence-electron chi connectivity index (χ4n) is 3.12. The van der Waals surface area contributed by atoms with Gasteiger partial charge in [-0.3, -0.25) is 4.90 Å². The van der Waals surface area contributed by atoms with E-state index in [2.05, 4.69) is 52.0 Å². The Morgan fingerprint density at radius 2 is 1.92 bits per heavy atom. The molecule has 1 fully saturated rings. The lowest BCUT2D eigenvalue weighted by Crippen LogP contribution is -2.39. The van der Waals surface area contributed by atoms with E-state index in [0.29, 0.717) is 0 Å². The van der Waals surface area contributed by atoms with E-state index < -0.39 is 0 Å². The molecule has 0 saturated carbocycles. The predicted octanol–water partition coefficient (Wildman–Crippen LogP) is 3.71. The molecule has 3 aromatic rings. The maximum absolute atomic E-state index is 5.40. The number of nitrogens with zero attached hydrogens (tertiary/aromatic N) is 2. The first-order valence-electron chi connectivity index (χ1n) is 8.37. The normalized spacial score (nSPS) is 15.7. The van der Waals surface area contributed by atoms with E-state index in [1.54, 1.807) is 11.3 Å². The van der Waals surface area contributed by atoms with Crippen molar-refractivity contribution in [2.75, 3.05) is 44.7 Å². The molecule has 1 aromatic carbocycles. The number of benzene rings is 1. The van der Waals surface area contributed by atoms with E-state index >= 15 is 0 Å². The SMILES string of the molecule is c1csc(-c2cnc(NCCN3CCOCC3)c3ccccc23)c1. The standard InChI is InChI=1S/C19H21N3OS/c1-2-5-16-15(4-1)17(18-6-3-13-24-18)14-21-19(16)20-7-8-22-9-11-23-12-10-22/h1-6,13-14H,7-12H2,(H,20,21). The van der Waals surface area contributed by atoms with Crippen molar-refractivity contribution in [1.29, 1.82) is 0 Å². The first kappa shape index (κ1) is 15.6. The van der Waals surface area contributed by atoms with Crippen molar-refractivity contribution in [2.24, 2.45) is 0 Å². The van der Waals surface area contributed by atoms with Gasteiger partial charge in [0.25, 0.3) is 0 Å². The van der Waals surface area contributed by atoms with Gasteiger partial charge in [-0.15, -0.1) is 11.3 Å². The molecule has 124 valence electrons. The molecule has 0 unspecified atom stereocenters. The average molecular weight is 339 g/mol. The van der Waals surface area contributed by atoms with Crippen molar-refractivity contribution in [1.82, 2.24) is 9.88 Å². The summed E-state index contributed by atoms with van der Waals surface area (Å²) in [6, 6.07) is 12.7. The van der Waals surface area contributed by atoms with Crippen molar-refractivity contribution >= 4 is 27.9 Å². The minimum absolute atomic E-state index is 0.844. The van der Waals surface area contributed by atoms with Crippen LogP contribution in [0.1, 0.15) is 0 Å². The zero-order valence-electron chi connectivity index (χ0n) is 13.6. The maximum atomic E-state index is 5.40. The molecular formula is C19H21N3OS. The molecule has 1 aliphatic heterocycles. The van der Waals surface area contributed by atoms with E-state index in [-0.39, 0.29) is 0 Å². The quantitative estimate of drug-likeness (QED) is 0.769. The van der Waals surface area contributed by atoms with Crippen LogP contribution in [0.3, 0.4) is 0 Å². The number of pyridine rings is 1. The van der Waals surface area contributed by atoms with Crippen LogP contribution in [0.2, 0.25) is 0 Å². The van der Waals surface area contributed by atoms with Gasteiger partial charge in [0.05, 0.1) is 13.2 Å². The Hall–Kier alpha value is -1.95. The monoisotopic (exact) mass is 339 g/mol. The van der Waals surface area contributed by atoms with Crippen LogP contribution in [0.25, 0.3) is 21.2 Å². The lowest BCUT2D eigenvalue weighted by Gasteiger charge is -2.26. The summed E-state index contributed by atoms with van der Waals surface area (Å²) in [4.78, 5) is 8.39. The molecule has 4 nitrogen and oxygen atoms in total. The number of nitrogens with one attached hydrogen (secondary N) is 1. The molecule has 3 heterocycles. The summed E-state index contributed by atoms with van der Waals surface area (Å²) in [5.74, 6) is 0.971. The summed E-state index contributed by atoms with van der Waals surface area (Å²) in [5, 5.41) is 8.07. The highest BCUT2D eigenvalue weighted by atomic mass is 32.1. The Kier molecular flexibility index (Phi) is 4.74. The molecule has 5 heteroatoms. The van der Waals surface area contributed by atoms with Gasteiger partial charge in [0.15, 0.2) is 0 Å². The van der Waals surface area contributed by atoms with Gasteiger partial charge < -0.3 is 10.1 Å². The third-order valence-corrected chi connectivity index (χ3v) is 5.31. The van der Waals surface area contributed by atoms with Gasteiger partial charge in [0.2, 0.25) is 0 Å². The van der Waals surface area contributed by atoms with Crippen LogP contribution in [0.4, 0.5) is 5.82 Å². The Labute approximate surface area is 146 Å². The van der Waals surface area contributed by atoms with E-state index in [4.69, 9.17) is 9.72 Å². The summed E-state index contributed by atoms with van der Waals surface area (Å²) in [7, 11) is 0. The average Bonchev–Trinajstić information content (AvgIpc) is 3.17. The zero-order chi connectivity index (χ0) is 16.2. The lowest BCUT2D eigenvalue weighted by molar-refractivity contribution is 0.0398. The van der Waals surface area contributed by atoms with Crippen LogP contribution >= 0.6 is 11.3 Å². The topological polar surface area (TPSA) is 37.4 Å². The number of hydrogen-bond acceptors (Lipinski definition) is 5. The fraction of sp³-hybridized carbons (Fsp3) is 0.316. The van der Waals surface area contributed by atoms with E-state index in [1.165, 1.54) is 21.2 Å². The van der Waals surface area contributed by atoms with Crippen LogP contribution in [0.15, 0.2) is 48.0 Å². The van der Waals surface area contributed by atoms with Crippen molar-refractivity contribution in [2.45, 2.75) is 0 Å². The molecule has 0 amide bonds. The van der Waals surface area contributed by atoms with Crippen LogP contribution in [-0.2, 0) is 4.74 Å². The number of hydrogen-bond donors (Lipinski definition) is 1. The van der Waals surface area contributed by atoms with Crippen LogP contribution < -0.4 is 5.32 Å². The Balaban J connectivity index is 1.54. The van der Waals surface area contributed by atoms with Crippen LogP contribution in [0, 0.1) is 0 Å². The molecule has 2 aromatic heterocycles. The number of anilines is 1. The Morgan fingerprint density at radius 1 is 1.08 bits per heavy atom. The second-order valence-electron chi connectivity index (χ2n) is 5.92. The first-order chi connectivity index (χ1) is 11.9. The summed E-state index contributed by atoms with van der Waals surface area (Å²) in [5.41, 5.74) is 1.21. The minimum Gasteiger partial charge on any atom is -0.379 e. The maximum Gasteiger partial charge on any atom is 0.133 e. The van der Waals surface area contributed by atoms with E-state index in [1.807, 2.05) is 6.20 Å². The highest BCUT2D eigenvalue weighted by Crippen LogP contribution is 2.33. The Morgan fingerprint density at radius 3 is 2.71 bits per heavy atom. The molecule has 1 saturated heterocycles. The van der Waals surface area contributed by atoms with Gasteiger partial charge in [-0.25, -0.2) is 4.98 Å². The summed E-state index contributed by atoms with van der Waals surface area (Å²) < 4.78 is 5.40. The molecule has 1 aliphatic rings. The highest BCUT2D eigenvalue weighted by Gasteiger charge is 2.11. The Bertz CT molecular complexity index is 797. The zero-order valence-corrected chi connectivity index (χ0v) is 14.4. The van der Waals surface area contributed by atoms with Crippen molar-refractivity contribution < 1.29 is 4.74 Å². The molecule has 0 aliphatic carbocycles. The fourth-order valence-corrected chi connectivity index (χ4v) is 3.87. The lowest BCUT2D eigenvalue weighted by atomic mass is 10.1. The number of morpholine rings is 1. The summed E-state index contributed by atoms with van der Waals surface area (Å²) >= 11 is 1.75. The second kappa shape index (κ2) is 7.30. The molecule has 0 radical (unpaired) electrons. The second-order valence-corrected chi connectivity index (χ2v) is 6.87. The molecule has 4 rings (SSSR count). The minimum atomic E-state index is 0.844. The highest BCUT2D eigenvalue weighted by molar-refractivity contribution is 7.13. The molecule has 24 heavy (non-hydrogen) atoms. The molecule has 0 atom stereocenters. The number of aromatic nitrogens is 1. The molecule has 0 bridgehead atoms. The van der Waals surface area contributed by atoms with Crippen molar-refractivity contribution in [3.8, 4) is 10.4 Å². The first-order valence-corrected chi connectivity index (χ1v) is 9.25. The van der Waals surface area contributed by atoms with Gasteiger partial charge in [-0.05, 0) is 16.8 Å². The predicted molar refractivity (Wildman–Crippen MR) is 101 cm³/mol. The molecular weight excluding hydrogens is 318 g/mol. The van der Waals surface area contributed by atoms with E-state index in [0.717, 1.165) is 45.2 Å². The van der Waals surface area contributed by atoms with Crippen LogP contribution in [-0.4, -0.2) is 49.3 Å². The third-order valence-electron chi connectivity index (χ3n) is 4.41. The van der Waals surface area contributed by atoms with Crippen molar-refractivity contribution in [3.63, 3.8) is 0 Å². The third kappa shape index (κ3) is 3.29. The van der Waals surface area contributed by atoms with Gasteiger partial charge >= 0.3 is 0 Å². The van der Waals surface area contributed by atoms with Crippen molar-refractivity contribution in [3.05, 3.63) is 48.0 Å². The smallest absolute Gasteiger partial charge is 0.133 e. The largest absolute Gasteiger partial charge is 0.379 e. The number of ether oxygens (including phenoxy) is 1. The van der Waals surface area contributed by atoms with Gasteiger partial charge in [-0.2, -0.15) is 0 Å². The molecule has 1 N–H and O–H groups in total. The van der Waals surface area contributed by atoms with Crippen LogP contribution in [0.5, 0.6) is 0 Å². The summed E-state index contributed by atoms with van der Waals surface area (Å²) in [6.07, 6.45) is 1.99. The van der Waals surface area contributed by atoms with E-state index in [9.17, 15) is 0 Å². The number of thiophene rings is 1. The summed E-state index contributed by atoms with van der Waals surface area (Å²) in [6.45, 7) is 5.65. The van der Waals surface area contributed by atoms with Gasteiger partial charge in [-0.1, -0.05) is 30.3 Å². The molecule has 0 spiro atoms. The number of rotatable bonds is 5. The van der Waals surface area contributed by atoms with Gasteiger partial charge in [0, 0.05) is 48.2 Å².